The quantitative estimate of drug-likeness (QED) is 0.494. The Morgan fingerprint density at radius 3 is 2.86 bits per heavy atom. The molecule has 0 aromatic heterocycles. The van der Waals surface area contributed by atoms with Gasteiger partial charge < -0.3 is 15.0 Å². The molecule has 0 fully saturated rings. The standard InChI is InChI=1S/C16H25BrN2O2S/c1-13-11-14(17)5-6-15(13)22-12-16(20)18-7-4-8-19(2)9-10-21-3/h5-6,11H,4,7-10,12H2,1-3H3,(H,18,20). The molecule has 0 atom stereocenters. The number of carbonyl (C=O) groups is 1. The fourth-order valence-electron chi connectivity index (χ4n) is 1.90. The lowest BCUT2D eigenvalue weighted by molar-refractivity contribution is -0.118. The second-order valence-electron chi connectivity index (χ2n) is 5.20. The summed E-state index contributed by atoms with van der Waals surface area (Å²) >= 11 is 5.02. The van der Waals surface area contributed by atoms with Gasteiger partial charge in [-0.25, -0.2) is 0 Å². The van der Waals surface area contributed by atoms with Crippen molar-refractivity contribution >= 4 is 33.6 Å². The lowest BCUT2D eigenvalue weighted by Gasteiger charge is -2.15. The molecule has 0 aliphatic heterocycles. The van der Waals surface area contributed by atoms with Crippen LogP contribution in [0.1, 0.15) is 12.0 Å². The second kappa shape index (κ2) is 11.0. The van der Waals surface area contributed by atoms with Gasteiger partial charge in [0.15, 0.2) is 0 Å². The molecule has 0 aliphatic rings. The number of ether oxygens (including phenoxy) is 1. The van der Waals surface area contributed by atoms with Crippen LogP contribution in [-0.2, 0) is 9.53 Å². The molecule has 0 saturated carbocycles. The Kier molecular flexibility index (Phi) is 9.79. The summed E-state index contributed by atoms with van der Waals surface area (Å²) in [4.78, 5) is 15.2. The van der Waals surface area contributed by atoms with E-state index >= 15 is 0 Å². The number of carbonyl (C=O) groups excluding carboxylic acids is 1. The first-order valence-corrected chi connectivity index (χ1v) is 9.14. The van der Waals surface area contributed by atoms with Gasteiger partial charge in [0, 0.05) is 29.6 Å². The van der Waals surface area contributed by atoms with Crippen LogP contribution in [-0.4, -0.2) is 57.0 Å². The maximum atomic E-state index is 11.8. The van der Waals surface area contributed by atoms with Gasteiger partial charge in [-0.05, 0) is 50.7 Å². The number of hydrogen-bond donors (Lipinski definition) is 1. The summed E-state index contributed by atoms with van der Waals surface area (Å²) in [5.41, 5.74) is 1.19. The number of rotatable bonds is 10. The van der Waals surface area contributed by atoms with Crippen LogP contribution in [0.3, 0.4) is 0 Å². The van der Waals surface area contributed by atoms with Gasteiger partial charge in [-0.2, -0.15) is 0 Å². The van der Waals surface area contributed by atoms with Crippen LogP contribution in [0.25, 0.3) is 0 Å². The van der Waals surface area contributed by atoms with Gasteiger partial charge in [-0.1, -0.05) is 15.9 Å². The fraction of sp³-hybridized carbons (Fsp3) is 0.562. The molecule has 1 N–H and O–H groups in total. The van der Waals surface area contributed by atoms with E-state index in [9.17, 15) is 4.79 Å². The summed E-state index contributed by atoms with van der Waals surface area (Å²) in [6.45, 7) is 5.40. The van der Waals surface area contributed by atoms with Crippen molar-refractivity contribution in [1.29, 1.82) is 0 Å². The Hall–Kier alpha value is -0.560. The predicted octanol–water partition coefficient (Wildman–Crippen LogP) is 2.93. The van der Waals surface area contributed by atoms with Gasteiger partial charge in [-0.15, -0.1) is 11.8 Å². The van der Waals surface area contributed by atoms with Crippen molar-refractivity contribution in [1.82, 2.24) is 10.2 Å². The first-order chi connectivity index (χ1) is 10.5. The molecule has 0 bridgehead atoms. The van der Waals surface area contributed by atoms with E-state index in [1.807, 2.05) is 12.1 Å². The number of thioether (sulfide) groups is 1. The molecule has 0 saturated heterocycles. The van der Waals surface area contributed by atoms with E-state index in [2.05, 4.69) is 46.2 Å². The monoisotopic (exact) mass is 388 g/mol. The zero-order valence-electron chi connectivity index (χ0n) is 13.5. The van der Waals surface area contributed by atoms with E-state index in [1.165, 1.54) is 5.56 Å². The highest BCUT2D eigenvalue weighted by Crippen LogP contribution is 2.24. The molecule has 1 aromatic rings. The molecule has 1 aromatic carbocycles. The van der Waals surface area contributed by atoms with E-state index in [1.54, 1.807) is 18.9 Å². The maximum absolute atomic E-state index is 11.8. The lowest BCUT2D eigenvalue weighted by atomic mass is 10.2. The number of halogens is 1. The van der Waals surface area contributed by atoms with Crippen LogP contribution in [0.15, 0.2) is 27.6 Å². The number of aryl methyl sites for hydroxylation is 1. The van der Waals surface area contributed by atoms with E-state index in [-0.39, 0.29) is 5.91 Å². The number of amides is 1. The van der Waals surface area contributed by atoms with Crippen molar-refractivity contribution in [3.63, 3.8) is 0 Å². The minimum atomic E-state index is 0.0897. The molecule has 0 unspecified atom stereocenters. The Bertz CT molecular complexity index is 471. The molecule has 22 heavy (non-hydrogen) atoms. The zero-order valence-corrected chi connectivity index (χ0v) is 15.9. The van der Waals surface area contributed by atoms with Crippen LogP contribution >= 0.6 is 27.7 Å². The molecule has 4 nitrogen and oxygen atoms in total. The topological polar surface area (TPSA) is 41.6 Å². The number of methoxy groups -OCH3 is 1. The normalized spacial score (nSPS) is 11.0. The minimum absolute atomic E-state index is 0.0897. The molecular weight excluding hydrogens is 364 g/mol. The van der Waals surface area contributed by atoms with Crippen molar-refractivity contribution in [3.05, 3.63) is 28.2 Å². The Balaban J connectivity index is 2.16. The average Bonchev–Trinajstić information content (AvgIpc) is 2.48. The van der Waals surface area contributed by atoms with Crippen molar-refractivity contribution in [2.75, 3.05) is 46.2 Å². The second-order valence-corrected chi connectivity index (χ2v) is 7.13. The number of nitrogens with zero attached hydrogens (tertiary/aromatic N) is 1. The third-order valence-corrected chi connectivity index (χ3v) is 4.88. The fourth-order valence-corrected chi connectivity index (χ4v) is 3.22. The summed E-state index contributed by atoms with van der Waals surface area (Å²) < 4.78 is 6.10. The molecule has 1 amide bonds. The molecule has 0 aliphatic carbocycles. The van der Waals surface area contributed by atoms with Crippen molar-refractivity contribution in [2.45, 2.75) is 18.2 Å². The van der Waals surface area contributed by atoms with Crippen molar-refractivity contribution in [2.24, 2.45) is 0 Å². The lowest BCUT2D eigenvalue weighted by Crippen LogP contribution is -2.30. The van der Waals surface area contributed by atoms with Gasteiger partial charge in [0.1, 0.15) is 0 Å². The largest absolute Gasteiger partial charge is 0.383 e. The van der Waals surface area contributed by atoms with Crippen molar-refractivity contribution < 1.29 is 9.53 Å². The van der Waals surface area contributed by atoms with Crippen LogP contribution in [0.4, 0.5) is 0 Å². The molecule has 124 valence electrons. The van der Waals surface area contributed by atoms with E-state index < -0.39 is 0 Å². The molecule has 0 heterocycles. The maximum Gasteiger partial charge on any atom is 0.230 e. The van der Waals surface area contributed by atoms with E-state index in [4.69, 9.17) is 4.74 Å². The van der Waals surface area contributed by atoms with E-state index in [0.29, 0.717) is 5.75 Å². The highest BCUT2D eigenvalue weighted by atomic mass is 79.9. The third-order valence-electron chi connectivity index (χ3n) is 3.21. The van der Waals surface area contributed by atoms with Gasteiger partial charge in [-0.3, -0.25) is 4.79 Å². The van der Waals surface area contributed by atoms with Gasteiger partial charge >= 0.3 is 0 Å². The first-order valence-electron chi connectivity index (χ1n) is 7.36. The molecule has 6 heteroatoms. The summed E-state index contributed by atoms with van der Waals surface area (Å²) in [6, 6.07) is 6.11. The van der Waals surface area contributed by atoms with Gasteiger partial charge in [0.2, 0.25) is 5.91 Å². The van der Waals surface area contributed by atoms with E-state index in [0.717, 1.165) is 42.0 Å². The Morgan fingerprint density at radius 1 is 1.41 bits per heavy atom. The van der Waals surface area contributed by atoms with Crippen LogP contribution in [0.2, 0.25) is 0 Å². The van der Waals surface area contributed by atoms with Gasteiger partial charge in [0.05, 0.1) is 12.4 Å². The number of nitrogens with one attached hydrogen (secondary N) is 1. The summed E-state index contributed by atoms with van der Waals surface area (Å²) in [6.07, 6.45) is 0.952. The zero-order chi connectivity index (χ0) is 16.4. The Morgan fingerprint density at radius 2 is 2.18 bits per heavy atom. The van der Waals surface area contributed by atoms with Crippen LogP contribution < -0.4 is 5.32 Å². The number of likely N-dealkylation sites (N-methyl/N-ethyl adjacent to an activating group) is 1. The third kappa shape index (κ3) is 8.17. The van der Waals surface area contributed by atoms with Crippen LogP contribution in [0, 0.1) is 6.92 Å². The molecule has 1 rings (SSSR count). The summed E-state index contributed by atoms with van der Waals surface area (Å²) in [5, 5.41) is 2.97. The molecular formula is C16H25BrN2O2S. The minimum Gasteiger partial charge on any atom is -0.383 e. The van der Waals surface area contributed by atoms with Crippen LogP contribution in [0.5, 0.6) is 0 Å². The van der Waals surface area contributed by atoms with Crippen molar-refractivity contribution in [3.8, 4) is 0 Å². The SMILES string of the molecule is COCCN(C)CCCNC(=O)CSc1ccc(Br)cc1C. The highest BCUT2D eigenvalue weighted by Gasteiger charge is 2.05. The Labute approximate surface area is 146 Å². The smallest absolute Gasteiger partial charge is 0.230 e. The van der Waals surface area contributed by atoms with Gasteiger partial charge in [0.25, 0.3) is 0 Å². The number of hydrogen-bond acceptors (Lipinski definition) is 4. The average molecular weight is 389 g/mol. The summed E-state index contributed by atoms with van der Waals surface area (Å²) in [7, 11) is 3.77. The molecule has 0 radical (unpaired) electrons. The number of benzene rings is 1. The highest BCUT2D eigenvalue weighted by molar-refractivity contribution is 9.10. The summed E-state index contributed by atoms with van der Waals surface area (Å²) in [5.74, 6) is 0.550. The first kappa shape index (κ1) is 19.5. The molecule has 0 spiro atoms. The predicted molar refractivity (Wildman–Crippen MR) is 96.6 cm³/mol.